The number of unbranched alkanes of at least 4 members (excludes halogenated alkanes) is 2. The Morgan fingerprint density at radius 2 is 1.91 bits per heavy atom. The highest BCUT2D eigenvalue weighted by molar-refractivity contribution is 5.02. The molecule has 0 bridgehead atoms. The van der Waals surface area contributed by atoms with Gasteiger partial charge >= 0.3 is 0 Å². The lowest BCUT2D eigenvalue weighted by molar-refractivity contribution is 0.827. The van der Waals surface area contributed by atoms with Gasteiger partial charge in [-0.3, -0.25) is 0 Å². The van der Waals surface area contributed by atoms with Crippen LogP contribution in [-0.2, 0) is 0 Å². The molecule has 0 unspecified atom stereocenters. The van der Waals surface area contributed by atoms with Gasteiger partial charge in [-0.15, -0.1) is 18.4 Å². The Hall–Kier alpha value is -0.700. The van der Waals surface area contributed by atoms with Crippen molar-refractivity contribution in [2.75, 3.05) is 0 Å². The summed E-state index contributed by atoms with van der Waals surface area (Å²) in [6.07, 6.45) is 5.58. The zero-order valence-corrected chi connectivity index (χ0v) is 7.74. The topological polar surface area (TPSA) is 0 Å². The van der Waals surface area contributed by atoms with E-state index in [1.807, 2.05) is 6.92 Å². The molecule has 0 atom stereocenters. The molecule has 0 radical (unpaired) electrons. The van der Waals surface area contributed by atoms with Gasteiger partial charge in [-0.2, -0.15) is 0 Å². The molecule has 0 spiro atoms. The van der Waals surface area contributed by atoms with Crippen LogP contribution in [0.4, 0.5) is 0 Å². The largest absolute Gasteiger partial charge is 0.103 e. The Morgan fingerprint density at radius 1 is 1.27 bits per heavy atom. The number of allylic oxidation sites excluding steroid dienone is 1. The maximum Gasteiger partial charge on any atom is 0.0126 e. The Balaban J connectivity index is 3.19. The van der Waals surface area contributed by atoms with Crippen molar-refractivity contribution in [2.45, 2.75) is 46.0 Å². The first-order chi connectivity index (χ1) is 5.27. The van der Waals surface area contributed by atoms with Crippen LogP contribution in [0.25, 0.3) is 0 Å². The molecule has 0 aromatic carbocycles. The molecule has 0 aromatic heterocycles. The highest BCUT2D eigenvalue weighted by Gasteiger charge is 1.81. The fourth-order valence-corrected chi connectivity index (χ4v) is 0.718. The van der Waals surface area contributed by atoms with Crippen molar-refractivity contribution < 1.29 is 0 Å². The summed E-state index contributed by atoms with van der Waals surface area (Å²) in [5, 5.41) is 0. The van der Waals surface area contributed by atoms with E-state index in [4.69, 9.17) is 0 Å². The van der Waals surface area contributed by atoms with Gasteiger partial charge < -0.3 is 0 Å². The summed E-state index contributed by atoms with van der Waals surface area (Å²) in [5.74, 6) is 6.29. The van der Waals surface area contributed by atoms with E-state index in [2.05, 4.69) is 25.3 Å². The van der Waals surface area contributed by atoms with Crippen molar-refractivity contribution in [1.82, 2.24) is 0 Å². The van der Waals surface area contributed by atoms with Crippen LogP contribution in [0, 0.1) is 11.8 Å². The van der Waals surface area contributed by atoms with Gasteiger partial charge in [0, 0.05) is 12.8 Å². The smallest absolute Gasteiger partial charge is 0.0126 e. The predicted octanol–water partition coefficient (Wildman–Crippen LogP) is 3.54. The third kappa shape index (κ3) is 9.30. The van der Waals surface area contributed by atoms with Crippen molar-refractivity contribution in [3.8, 4) is 11.8 Å². The van der Waals surface area contributed by atoms with E-state index in [-0.39, 0.29) is 0 Å². The first-order valence-corrected chi connectivity index (χ1v) is 4.37. The number of hydrogen-bond acceptors (Lipinski definition) is 0. The van der Waals surface area contributed by atoms with Gasteiger partial charge in [0.2, 0.25) is 0 Å². The lowest BCUT2D eigenvalue weighted by atomic mass is 10.2. The van der Waals surface area contributed by atoms with Crippen LogP contribution < -0.4 is 0 Å². The Morgan fingerprint density at radius 3 is 2.45 bits per heavy atom. The van der Waals surface area contributed by atoms with Crippen molar-refractivity contribution in [1.29, 1.82) is 0 Å². The molecule has 0 aliphatic heterocycles. The summed E-state index contributed by atoms with van der Waals surface area (Å²) in [6, 6.07) is 0. The molecule has 0 nitrogen and oxygen atoms in total. The molecule has 0 heterocycles. The standard InChI is InChI=1S/C11H18/c1-4-5-6-7-8-9-10-11(2)3/h2,4-6,9-10H2,1,3H3. The number of rotatable bonds is 4. The lowest BCUT2D eigenvalue weighted by Crippen LogP contribution is -1.72. The molecule has 0 aliphatic carbocycles. The Labute approximate surface area is 70.7 Å². The van der Waals surface area contributed by atoms with Crippen molar-refractivity contribution in [2.24, 2.45) is 0 Å². The third-order valence-electron chi connectivity index (χ3n) is 1.46. The fraction of sp³-hybridized carbons (Fsp3) is 0.636. The minimum atomic E-state index is 0.985. The second-order valence-electron chi connectivity index (χ2n) is 2.91. The fourth-order valence-electron chi connectivity index (χ4n) is 0.718. The van der Waals surface area contributed by atoms with E-state index in [9.17, 15) is 0 Å². The summed E-state index contributed by atoms with van der Waals surface area (Å²) >= 11 is 0. The lowest BCUT2D eigenvalue weighted by Gasteiger charge is -1.89. The first-order valence-electron chi connectivity index (χ1n) is 4.37. The summed E-state index contributed by atoms with van der Waals surface area (Å²) in [6.45, 7) is 8.06. The van der Waals surface area contributed by atoms with Gasteiger partial charge in [-0.05, 0) is 19.8 Å². The highest BCUT2D eigenvalue weighted by Crippen LogP contribution is 1.98. The molecule has 0 N–H and O–H groups in total. The molecule has 0 amide bonds. The molecule has 0 heteroatoms. The minimum absolute atomic E-state index is 0.985. The molecular weight excluding hydrogens is 132 g/mol. The summed E-state index contributed by atoms with van der Waals surface area (Å²) in [5.41, 5.74) is 1.23. The molecule has 0 aromatic rings. The number of hydrogen-bond donors (Lipinski definition) is 0. The zero-order chi connectivity index (χ0) is 8.53. The molecule has 11 heavy (non-hydrogen) atoms. The van der Waals surface area contributed by atoms with Crippen LogP contribution in [-0.4, -0.2) is 0 Å². The quantitative estimate of drug-likeness (QED) is 0.327. The maximum absolute atomic E-state index is 3.82. The Bertz CT molecular complexity index is 155. The zero-order valence-electron chi connectivity index (χ0n) is 7.74. The minimum Gasteiger partial charge on any atom is -0.103 e. The maximum atomic E-state index is 3.82. The average molecular weight is 150 g/mol. The van der Waals surface area contributed by atoms with Crippen LogP contribution in [0.3, 0.4) is 0 Å². The Kier molecular flexibility index (Phi) is 6.94. The van der Waals surface area contributed by atoms with Gasteiger partial charge in [0.15, 0.2) is 0 Å². The van der Waals surface area contributed by atoms with E-state index in [0.29, 0.717) is 0 Å². The van der Waals surface area contributed by atoms with Gasteiger partial charge in [-0.1, -0.05) is 18.9 Å². The molecule has 0 saturated carbocycles. The van der Waals surface area contributed by atoms with Crippen molar-refractivity contribution >= 4 is 0 Å². The van der Waals surface area contributed by atoms with E-state index in [1.165, 1.54) is 18.4 Å². The van der Waals surface area contributed by atoms with Gasteiger partial charge in [0.1, 0.15) is 0 Å². The van der Waals surface area contributed by atoms with Gasteiger partial charge in [0.25, 0.3) is 0 Å². The second-order valence-corrected chi connectivity index (χ2v) is 2.91. The van der Waals surface area contributed by atoms with Crippen LogP contribution in [0.5, 0.6) is 0 Å². The predicted molar refractivity (Wildman–Crippen MR) is 51.3 cm³/mol. The van der Waals surface area contributed by atoms with Gasteiger partial charge in [-0.25, -0.2) is 0 Å². The van der Waals surface area contributed by atoms with Crippen LogP contribution >= 0.6 is 0 Å². The van der Waals surface area contributed by atoms with E-state index in [0.717, 1.165) is 19.3 Å². The average Bonchev–Trinajstić information content (AvgIpc) is 1.96. The molecular formula is C11H18. The molecule has 0 rings (SSSR count). The van der Waals surface area contributed by atoms with Crippen LogP contribution in [0.1, 0.15) is 46.0 Å². The molecule has 0 fully saturated rings. The normalized spacial score (nSPS) is 8.55. The first kappa shape index (κ1) is 10.3. The third-order valence-corrected chi connectivity index (χ3v) is 1.46. The monoisotopic (exact) mass is 150 g/mol. The van der Waals surface area contributed by atoms with Crippen LogP contribution in [0.2, 0.25) is 0 Å². The van der Waals surface area contributed by atoms with E-state index >= 15 is 0 Å². The van der Waals surface area contributed by atoms with Crippen LogP contribution in [0.15, 0.2) is 12.2 Å². The molecule has 0 aliphatic rings. The molecule has 0 saturated heterocycles. The highest BCUT2D eigenvalue weighted by atomic mass is 13.9. The SMILES string of the molecule is C=C(C)CCC#CCCCC. The summed E-state index contributed by atoms with van der Waals surface area (Å²) in [4.78, 5) is 0. The van der Waals surface area contributed by atoms with Gasteiger partial charge in [0.05, 0.1) is 0 Å². The van der Waals surface area contributed by atoms with Crippen molar-refractivity contribution in [3.05, 3.63) is 12.2 Å². The van der Waals surface area contributed by atoms with E-state index in [1.54, 1.807) is 0 Å². The molecule has 62 valence electrons. The second kappa shape index (κ2) is 7.41. The summed E-state index contributed by atoms with van der Waals surface area (Å²) in [7, 11) is 0. The van der Waals surface area contributed by atoms with E-state index < -0.39 is 0 Å². The summed E-state index contributed by atoms with van der Waals surface area (Å²) < 4.78 is 0. The van der Waals surface area contributed by atoms with Crippen molar-refractivity contribution in [3.63, 3.8) is 0 Å².